The highest BCUT2D eigenvalue weighted by molar-refractivity contribution is 7.92. The molecule has 2 aromatic carbocycles. The molecule has 0 aliphatic heterocycles. The van der Waals surface area contributed by atoms with Gasteiger partial charge in [-0.2, -0.15) is 0 Å². The van der Waals surface area contributed by atoms with Gasteiger partial charge in [-0.3, -0.25) is 4.72 Å². The first-order chi connectivity index (χ1) is 9.29. The minimum absolute atomic E-state index is 0.0581. The van der Waals surface area contributed by atoms with E-state index in [-0.39, 0.29) is 26.3 Å². The van der Waals surface area contributed by atoms with E-state index in [1.165, 1.54) is 30.3 Å². The maximum Gasteiger partial charge on any atom is 0.261 e. The van der Waals surface area contributed by atoms with Crippen molar-refractivity contribution in [2.24, 2.45) is 0 Å². The average Bonchev–Trinajstić information content (AvgIpc) is 2.37. The standard InChI is InChI=1S/C12H9Cl2FN2O2S/c13-9-3-2-8(6-10(9)14)20(18,19)17-7-1-4-12(16)11(15)5-7/h1-6,17H,16H2. The molecule has 0 bridgehead atoms. The van der Waals surface area contributed by atoms with E-state index in [9.17, 15) is 12.8 Å². The molecule has 2 rings (SSSR count). The molecule has 0 saturated heterocycles. The molecule has 0 aromatic heterocycles. The van der Waals surface area contributed by atoms with Crippen LogP contribution in [0.15, 0.2) is 41.3 Å². The number of nitrogens with one attached hydrogen (secondary N) is 1. The molecule has 0 radical (unpaired) electrons. The fraction of sp³-hybridized carbons (Fsp3) is 0. The van der Waals surface area contributed by atoms with E-state index in [1.54, 1.807) is 0 Å². The highest BCUT2D eigenvalue weighted by atomic mass is 35.5. The van der Waals surface area contributed by atoms with E-state index in [1.807, 2.05) is 0 Å². The number of sulfonamides is 1. The molecule has 0 aliphatic rings. The van der Waals surface area contributed by atoms with Crippen LogP contribution in [0.1, 0.15) is 0 Å². The van der Waals surface area contributed by atoms with Gasteiger partial charge in [0.15, 0.2) is 0 Å². The summed E-state index contributed by atoms with van der Waals surface area (Å²) >= 11 is 11.5. The van der Waals surface area contributed by atoms with Crippen LogP contribution in [0.4, 0.5) is 15.8 Å². The largest absolute Gasteiger partial charge is 0.396 e. The predicted octanol–water partition coefficient (Wildman–Crippen LogP) is 3.52. The Labute approximate surface area is 125 Å². The molecule has 0 saturated carbocycles. The van der Waals surface area contributed by atoms with Crippen LogP contribution in [0.5, 0.6) is 0 Å². The van der Waals surface area contributed by atoms with Gasteiger partial charge in [0, 0.05) is 6.07 Å². The van der Waals surface area contributed by atoms with E-state index >= 15 is 0 Å². The summed E-state index contributed by atoms with van der Waals surface area (Å²) < 4.78 is 39.7. The normalized spacial score (nSPS) is 11.3. The van der Waals surface area contributed by atoms with Crippen molar-refractivity contribution in [1.82, 2.24) is 0 Å². The number of nitrogen functional groups attached to an aromatic ring is 1. The van der Waals surface area contributed by atoms with E-state index in [2.05, 4.69) is 4.72 Å². The zero-order valence-corrected chi connectivity index (χ0v) is 12.2. The minimum Gasteiger partial charge on any atom is -0.396 e. The third-order valence-electron chi connectivity index (χ3n) is 2.45. The molecular formula is C12H9Cl2FN2O2S. The fourth-order valence-electron chi connectivity index (χ4n) is 1.45. The molecule has 0 spiro atoms. The van der Waals surface area contributed by atoms with Gasteiger partial charge in [0.05, 0.1) is 26.3 Å². The van der Waals surface area contributed by atoms with Gasteiger partial charge < -0.3 is 5.73 Å². The molecule has 0 aliphatic carbocycles. The van der Waals surface area contributed by atoms with Crippen LogP contribution in [-0.2, 0) is 10.0 Å². The van der Waals surface area contributed by atoms with Gasteiger partial charge in [-0.05, 0) is 30.3 Å². The van der Waals surface area contributed by atoms with Crippen LogP contribution in [0, 0.1) is 5.82 Å². The molecule has 0 amide bonds. The Kier molecular flexibility index (Phi) is 4.08. The molecule has 106 valence electrons. The van der Waals surface area contributed by atoms with E-state index in [0.717, 1.165) is 6.07 Å². The van der Waals surface area contributed by atoms with Gasteiger partial charge in [-0.25, -0.2) is 12.8 Å². The third-order valence-corrected chi connectivity index (χ3v) is 4.57. The third kappa shape index (κ3) is 3.15. The van der Waals surface area contributed by atoms with Crippen molar-refractivity contribution in [3.05, 3.63) is 52.3 Å². The van der Waals surface area contributed by atoms with Crippen molar-refractivity contribution in [3.63, 3.8) is 0 Å². The van der Waals surface area contributed by atoms with Crippen molar-refractivity contribution >= 4 is 44.6 Å². The highest BCUT2D eigenvalue weighted by Crippen LogP contribution is 2.26. The molecule has 0 heterocycles. The van der Waals surface area contributed by atoms with Gasteiger partial charge >= 0.3 is 0 Å². The Morgan fingerprint density at radius 2 is 1.75 bits per heavy atom. The predicted molar refractivity (Wildman–Crippen MR) is 78.1 cm³/mol. The first-order valence-corrected chi connectivity index (χ1v) is 7.56. The van der Waals surface area contributed by atoms with Crippen molar-refractivity contribution in [2.75, 3.05) is 10.5 Å². The minimum atomic E-state index is -3.88. The second-order valence-corrected chi connectivity index (χ2v) is 6.41. The number of hydrogen-bond donors (Lipinski definition) is 2. The molecule has 4 nitrogen and oxygen atoms in total. The summed E-state index contributed by atoms with van der Waals surface area (Å²) in [7, 11) is -3.88. The maximum atomic E-state index is 13.3. The summed E-state index contributed by atoms with van der Waals surface area (Å²) in [4.78, 5) is -0.0795. The van der Waals surface area contributed by atoms with Gasteiger partial charge in [0.25, 0.3) is 10.0 Å². The Morgan fingerprint density at radius 1 is 1.05 bits per heavy atom. The Morgan fingerprint density at radius 3 is 2.35 bits per heavy atom. The number of rotatable bonds is 3. The molecule has 0 fully saturated rings. The average molecular weight is 335 g/mol. The Bertz CT molecular complexity index is 766. The molecule has 0 unspecified atom stereocenters. The van der Waals surface area contributed by atoms with Crippen LogP contribution in [0.3, 0.4) is 0 Å². The van der Waals surface area contributed by atoms with Gasteiger partial charge in [-0.1, -0.05) is 23.2 Å². The van der Waals surface area contributed by atoms with Crippen molar-refractivity contribution in [3.8, 4) is 0 Å². The zero-order chi connectivity index (χ0) is 14.9. The SMILES string of the molecule is Nc1ccc(NS(=O)(=O)c2ccc(Cl)c(Cl)c2)cc1F. The topological polar surface area (TPSA) is 72.2 Å². The van der Waals surface area contributed by atoms with Crippen LogP contribution in [0.25, 0.3) is 0 Å². The van der Waals surface area contributed by atoms with E-state index < -0.39 is 15.8 Å². The summed E-state index contributed by atoms with van der Waals surface area (Å²) in [5.74, 6) is -0.709. The quantitative estimate of drug-likeness (QED) is 0.843. The number of benzene rings is 2. The first-order valence-electron chi connectivity index (χ1n) is 5.32. The highest BCUT2D eigenvalue weighted by Gasteiger charge is 2.16. The summed E-state index contributed by atoms with van der Waals surface area (Å²) in [5.41, 5.74) is 5.31. The molecule has 20 heavy (non-hydrogen) atoms. The number of nitrogens with two attached hydrogens (primary N) is 1. The molecule has 0 atom stereocenters. The first kappa shape index (κ1) is 14.9. The van der Waals surface area contributed by atoms with Crippen LogP contribution < -0.4 is 10.5 Å². The van der Waals surface area contributed by atoms with E-state index in [0.29, 0.717) is 0 Å². The van der Waals surface area contributed by atoms with Crippen molar-refractivity contribution < 1.29 is 12.8 Å². The summed E-state index contributed by atoms with van der Waals surface area (Å²) in [6, 6.07) is 7.48. The molecule has 3 N–H and O–H groups in total. The van der Waals surface area contributed by atoms with Crippen LogP contribution in [0.2, 0.25) is 10.0 Å². The summed E-state index contributed by atoms with van der Waals surface area (Å²) in [6.45, 7) is 0. The van der Waals surface area contributed by atoms with E-state index in [4.69, 9.17) is 28.9 Å². The molecule has 2 aromatic rings. The maximum absolute atomic E-state index is 13.3. The smallest absolute Gasteiger partial charge is 0.261 e. The van der Waals surface area contributed by atoms with Gasteiger partial charge in [0.2, 0.25) is 0 Å². The van der Waals surface area contributed by atoms with Gasteiger partial charge in [0.1, 0.15) is 5.82 Å². The summed E-state index contributed by atoms with van der Waals surface area (Å²) in [6.07, 6.45) is 0. The second-order valence-electron chi connectivity index (χ2n) is 3.92. The van der Waals surface area contributed by atoms with Crippen molar-refractivity contribution in [2.45, 2.75) is 4.90 Å². The van der Waals surface area contributed by atoms with Crippen molar-refractivity contribution in [1.29, 1.82) is 0 Å². The number of hydrogen-bond acceptors (Lipinski definition) is 3. The lowest BCUT2D eigenvalue weighted by atomic mass is 10.3. The monoisotopic (exact) mass is 334 g/mol. The van der Waals surface area contributed by atoms with Crippen LogP contribution in [-0.4, -0.2) is 8.42 Å². The lowest BCUT2D eigenvalue weighted by Gasteiger charge is -2.09. The fourth-order valence-corrected chi connectivity index (χ4v) is 2.89. The van der Waals surface area contributed by atoms with Gasteiger partial charge in [-0.15, -0.1) is 0 Å². The zero-order valence-electron chi connectivity index (χ0n) is 9.90. The number of halogens is 3. The Hall–Kier alpha value is -1.50. The van der Waals surface area contributed by atoms with Crippen LogP contribution >= 0.6 is 23.2 Å². The number of anilines is 2. The molecule has 8 heteroatoms. The molecular weight excluding hydrogens is 326 g/mol. The lowest BCUT2D eigenvalue weighted by Crippen LogP contribution is -2.13. The summed E-state index contributed by atoms with van der Waals surface area (Å²) in [5, 5.41) is 0.349. The Balaban J connectivity index is 2.35. The lowest BCUT2D eigenvalue weighted by molar-refractivity contribution is 0.601. The second kappa shape index (κ2) is 5.47.